The summed E-state index contributed by atoms with van der Waals surface area (Å²) >= 11 is 5.73. The fourth-order valence-electron chi connectivity index (χ4n) is 1.65. The van der Waals surface area contributed by atoms with Crippen molar-refractivity contribution in [2.75, 3.05) is 25.1 Å². The van der Waals surface area contributed by atoms with E-state index in [1.807, 2.05) is 6.92 Å². The number of ether oxygens (including phenoxy) is 1. The standard InChI is InChI=1S/C13H18ClF3N2O/c1-3-20-8-12(2,7-18)19-11-5-9(13(15,16)17)4-10(14)6-11/h4-6,19H,3,7-8,18H2,1-2H3. The maximum absolute atomic E-state index is 12.7. The Balaban J connectivity index is 2.99. The molecule has 1 aromatic rings. The van der Waals surface area contributed by atoms with Crippen molar-refractivity contribution in [3.63, 3.8) is 0 Å². The third-order valence-corrected chi connectivity index (χ3v) is 2.96. The van der Waals surface area contributed by atoms with Crippen LogP contribution in [0.2, 0.25) is 5.02 Å². The number of rotatable bonds is 6. The summed E-state index contributed by atoms with van der Waals surface area (Å²) < 4.78 is 43.5. The van der Waals surface area contributed by atoms with Gasteiger partial charge in [-0.3, -0.25) is 0 Å². The summed E-state index contributed by atoms with van der Waals surface area (Å²) in [5.74, 6) is 0. The highest BCUT2D eigenvalue weighted by atomic mass is 35.5. The molecule has 0 aromatic heterocycles. The maximum atomic E-state index is 12.7. The molecule has 0 heterocycles. The maximum Gasteiger partial charge on any atom is 0.416 e. The first-order valence-corrected chi connectivity index (χ1v) is 6.52. The number of nitrogens with one attached hydrogen (secondary N) is 1. The quantitative estimate of drug-likeness (QED) is 0.845. The monoisotopic (exact) mass is 310 g/mol. The Bertz CT molecular complexity index is 454. The van der Waals surface area contributed by atoms with Crippen LogP contribution in [0.1, 0.15) is 19.4 Å². The zero-order chi connectivity index (χ0) is 15.4. The van der Waals surface area contributed by atoms with Crippen LogP contribution in [-0.4, -0.2) is 25.3 Å². The number of nitrogens with two attached hydrogens (primary N) is 1. The first kappa shape index (κ1) is 17.1. The third kappa shape index (κ3) is 4.85. The topological polar surface area (TPSA) is 47.3 Å². The van der Waals surface area contributed by atoms with Gasteiger partial charge in [-0.2, -0.15) is 13.2 Å². The van der Waals surface area contributed by atoms with Gasteiger partial charge in [0, 0.05) is 23.9 Å². The van der Waals surface area contributed by atoms with Gasteiger partial charge in [0.1, 0.15) is 0 Å². The lowest BCUT2D eigenvalue weighted by Gasteiger charge is -2.30. The molecule has 1 rings (SSSR count). The van der Waals surface area contributed by atoms with Crippen LogP contribution in [0.3, 0.4) is 0 Å². The molecule has 0 aliphatic heterocycles. The van der Waals surface area contributed by atoms with Crippen molar-refractivity contribution in [2.45, 2.75) is 25.6 Å². The molecule has 20 heavy (non-hydrogen) atoms. The van der Waals surface area contributed by atoms with E-state index in [4.69, 9.17) is 22.1 Å². The van der Waals surface area contributed by atoms with Crippen molar-refractivity contribution in [1.29, 1.82) is 0 Å². The largest absolute Gasteiger partial charge is 0.416 e. The van der Waals surface area contributed by atoms with Crippen LogP contribution < -0.4 is 11.1 Å². The summed E-state index contributed by atoms with van der Waals surface area (Å²) in [5, 5.41) is 2.97. The fraction of sp³-hybridized carbons (Fsp3) is 0.538. The van der Waals surface area contributed by atoms with E-state index >= 15 is 0 Å². The zero-order valence-corrected chi connectivity index (χ0v) is 12.1. The van der Waals surface area contributed by atoms with Gasteiger partial charge < -0.3 is 15.8 Å². The zero-order valence-electron chi connectivity index (χ0n) is 11.4. The fourth-order valence-corrected chi connectivity index (χ4v) is 1.88. The average molecular weight is 311 g/mol. The van der Waals surface area contributed by atoms with Gasteiger partial charge in [0.15, 0.2) is 0 Å². The number of anilines is 1. The van der Waals surface area contributed by atoms with Gasteiger partial charge in [-0.15, -0.1) is 0 Å². The molecule has 1 atom stereocenters. The van der Waals surface area contributed by atoms with Crippen molar-refractivity contribution in [1.82, 2.24) is 0 Å². The lowest BCUT2D eigenvalue weighted by atomic mass is 10.0. The summed E-state index contributed by atoms with van der Waals surface area (Å²) in [5.41, 5.74) is 4.46. The molecule has 0 aliphatic carbocycles. The van der Waals surface area contributed by atoms with Crippen LogP contribution >= 0.6 is 11.6 Å². The number of alkyl halides is 3. The lowest BCUT2D eigenvalue weighted by Crippen LogP contribution is -2.46. The summed E-state index contributed by atoms with van der Waals surface area (Å²) in [7, 11) is 0. The first-order valence-electron chi connectivity index (χ1n) is 6.14. The second kappa shape index (κ2) is 6.65. The highest BCUT2D eigenvalue weighted by molar-refractivity contribution is 6.30. The van der Waals surface area contributed by atoms with E-state index in [-0.39, 0.29) is 23.9 Å². The molecule has 0 bridgehead atoms. The minimum Gasteiger partial charge on any atom is -0.379 e. The Morgan fingerprint density at radius 1 is 1.30 bits per heavy atom. The first-order chi connectivity index (χ1) is 9.20. The molecular weight excluding hydrogens is 293 g/mol. The molecule has 0 aliphatic rings. The summed E-state index contributed by atoms with van der Waals surface area (Å²) in [4.78, 5) is 0. The van der Waals surface area contributed by atoms with Crippen LogP contribution in [0.15, 0.2) is 18.2 Å². The smallest absolute Gasteiger partial charge is 0.379 e. The van der Waals surface area contributed by atoms with E-state index in [9.17, 15) is 13.2 Å². The lowest BCUT2D eigenvalue weighted by molar-refractivity contribution is -0.137. The summed E-state index contributed by atoms with van der Waals surface area (Å²) in [6.07, 6.45) is -4.44. The Morgan fingerprint density at radius 2 is 1.95 bits per heavy atom. The molecule has 0 fully saturated rings. The second-order valence-corrected chi connectivity index (χ2v) is 5.19. The van der Waals surface area contributed by atoms with Gasteiger partial charge in [0.05, 0.1) is 17.7 Å². The summed E-state index contributed by atoms with van der Waals surface area (Å²) in [6, 6.07) is 3.32. The predicted molar refractivity (Wildman–Crippen MR) is 74.0 cm³/mol. The van der Waals surface area contributed by atoms with Gasteiger partial charge in [-0.25, -0.2) is 0 Å². The molecule has 1 aromatic carbocycles. The Labute approximate surface area is 121 Å². The SMILES string of the molecule is CCOCC(C)(CN)Nc1cc(Cl)cc(C(F)(F)F)c1. The van der Waals surface area contributed by atoms with Gasteiger partial charge >= 0.3 is 6.18 Å². The van der Waals surface area contributed by atoms with E-state index < -0.39 is 17.3 Å². The minimum absolute atomic E-state index is 0.0121. The van der Waals surface area contributed by atoms with E-state index in [1.54, 1.807) is 6.92 Å². The Hall–Kier alpha value is -0.980. The van der Waals surface area contributed by atoms with Gasteiger partial charge in [0.25, 0.3) is 0 Å². The molecule has 3 nitrogen and oxygen atoms in total. The molecule has 3 N–H and O–H groups in total. The molecule has 0 saturated carbocycles. The van der Waals surface area contributed by atoms with Gasteiger partial charge in [-0.05, 0) is 32.0 Å². The normalized spacial score (nSPS) is 14.9. The highest BCUT2D eigenvalue weighted by Crippen LogP contribution is 2.33. The Morgan fingerprint density at radius 3 is 2.45 bits per heavy atom. The third-order valence-electron chi connectivity index (χ3n) is 2.75. The molecule has 114 valence electrons. The van der Waals surface area contributed by atoms with Crippen molar-refractivity contribution in [3.05, 3.63) is 28.8 Å². The molecule has 0 radical (unpaired) electrons. The number of hydrogen-bond acceptors (Lipinski definition) is 3. The molecule has 7 heteroatoms. The second-order valence-electron chi connectivity index (χ2n) is 4.75. The van der Waals surface area contributed by atoms with Gasteiger partial charge in [-0.1, -0.05) is 11.6 Å². The number of hydrogen-bond donors (Lipinski definition) is 2. The molecular formula is C13H18ClF3N2O. The number of benzene rings is 1. The molecule has 0 spiro atoms. The van der Waals surface area contributed by atoms with Crippen LogP contribution in [0.5, 0.6) is 0 Å². The average Bonchev–Trinajstić information content (AvgIpc) is 2.34. The van der Waals surface area contributed by atoms with E-state index in [0.717, 1.165) is 12.1 Å². The van der Waals surface area contributed by atoms with Crippen LogP contribution in [0.4, 0.5) is 18.9 Å². The van der Waals surface area contributed by atoms with Crippen molar-refractivity contribution >= 4 is 17.3 Å². The van der Waals surface area contributed by atoms with E-state index in [1.165, 1.54) is 6.07 Å². The minimum atomic E-state index is -4.44. The van der Waals surface area contributed by atoms with Crippen molar-refractivity contribution in [2.24, 2.45) is 5.73 Å². The number of halogens is 4. The predicted octanol–water partition coefficient (Wildman–Crippen LogP) is 3.52. The Kier molecular flexibility index (Phi) is 5.68. The van der Waals surface area contributed by atoms with Gasteiger partial charge in [0.2, 0.25) is 0 Å². The van der Waals surface area contributed by atoms with E-state index in [2.05, 4.69) is 5.32 Å². The molecule has 0 amide bonds. The molecule has 0 saturated heterocycles. The van der Waals surface area contributed by atoms with Crippen LogP contribution in [0, 0.1) is 0 Å². The van der Waals surface area contributed by atoms with Crippen molar-refractivity contribution in [3.8, 4) is 0 Å². The molecule has 1 unspecified atom stereocenters. The highest BCUT2D eigenvalue weighted by Gasteiger charge is 2.32. The summed E-state index contributed by atoms with van der Waals surface area (Å²) in [6.45, 7) is 4.60. The van der Waals surface area contributed by atoms with E-state index in [0.29, 0.717) is 6.61 Å². The van der Waals surface area contributed by atoms with Crippen molar-refractivity contribution < 1.29 is 17.9 Å². The van der Waals surface area contributed by atoms with Crippen LogP contribution in [0.25, 0.3) is 0 Å². The van der Waals surface area contributed by atoms with Crippen LogP contribution in [-0.2, 0) is 10.9 Å².